The standard InChI is InChI=1S/C15H25NO4S/c1-4-14(5-2)16(9-10-17)21(19,20)15-8-6-7-13(11-15)12(3)18/h6-8,11-12,14,17-18H,4-5,9-10H2,1-3H3. The van der Waals surface area contributed by atoms with Crippen LogP contribution in [-0.2, 0) is 10.0 Å². The van der Waals surface area contributed by atoms with Crippen molar-refractivity contribution in [3.63, 3.8) is 0 Å². The second-order valence-electron chi connectivity index (χ2n) is 5.06. The lowest BCUT2D eigenvalue weighted by Gasteiger charge is -2.29. The number of aliphatic hydroxyl groups excluding tert-OH is 2. The maximum atomic E-state index is 12.8. The number of hydrogen-bond acceptors (Lipinski definition) is 4. The van der Waals surface area contributed by atoms with Crippen LogP contribution in [0.2, 0.25) is 0 Å². The molecule has 1 aromatic rings. The molecule has 0 bridgehead atoms. The molecule has 6 heteroatoms. The first-order valence-electron chi connectivity index (χ1n) is 7.29. The third-order valence-corrected chi connectivity index (χ3v) is 5.57. The van der Waals surface area contributed by atoms with Gasteiger partial charge in [0.15, 0.2) is 0 Å². The zero-order valence-corrected chi connectivity index (χ0v) is 13.7. The summed E-state index contributed by atoms with van der Waals surface area (Å²) in [7, 11) is -3.68. The van der Waals surface area contributed by atoms with E-state index >= 15 is 0 Å². The minimum Gasteiger partial charge on any atom is -0.395 e. The van der Waals surface area contributed by atoms with E-state index in [0.717, 1.165) is 0 Å². The number of hydrogen-bond donors (Lipinski definition) is 2. The predicted octanol–water partition coefficient (Wildman–Crippen LogP) is 1.91. The van der Waals surface area contributed by atoms with Crippen molar-refractivity contribution in [2.45, 2.75) is 50.7 Å². The molecule has 0 fully saturated rings. The third-order valence-electron chi connectivity index (χ3n) is 3.62. The van der Waals surface area contributed by atoms with Gasteiger partial charge in [0.1, 0.15) is 0 Å². The normalized spacial score (nSPS) is 13.9. The van der Waals surface area contributed by atoms with Crippen LogP contribution in [-0.4, -0.2) is 42.1 Å². The average Bonchev–Trinajstić information content (AvgIpc) is 2.47. The van der Waals surface area contributed by atoms with Crippen LogP contribution >= 0.6 is 0 Å². The lowest BCUT2D eigenvalue weighted by Crippen LogP contribution is -2.41. The van der Waals surface area contributed by atoms with Gasteiger partial charge < -0.3 is 10.2 Å². The molecule has 2 N–H and O–H groups in total. The van der Waals surface area contributed by atoms with E-state index in [1.54, 1.807) is 19.1 Å². The summed E-state index contributed by atoms with van der Waals surface area (Å²) >= 11 is 0. The largest absolute Gasteiger partial charge is 0.395 e. The smallest absolute Gasteiger partial charge is 0.243 e. The molecule has 5 nitrogen and oxygen atoms in total. The minimum atomic E-state index is -3.68. The van der Waals surface area contributed by atoms with Crippen molar-refractivity contribution in [3.8, 4) is 0 Å². The van der Waals surface area contributed by atoms with Crippen molar-refractivity contribution in [3.05, 3.63) is 29.8 Å². The Balaban J connectivity index is 3.25. The second-order valence-corrected chi connectivity index (χ2v) is 6.95. The Hall–Kier alpha value is -0.950. The van der Waals surface area contributed by atoms with Crippen molar-refractivity contribution < 1.29 is 18.6 Å². The molecule has 0 spiro atoms. The maximum Gasteiger partial charge on any atom is 0.243 e. The molecule has 0 saturated heterocycles. The van der Waals surface area contributed by atoms with E-state index in [4.69, 9.17) is 0 Å². The van der Waals surface area contributed by atoms with Gasteiger partial charge in [-0.1, -0.05) is 26.0 Å². The van der Waals surface area contributed by atoms with E-state index in [1.807, 2.05) is 13.8 Å². The molecule has 0 aromatic heterocycles. The van der Waals surface area contributed by atoms with Crippen LogP contribution in [0.4, 0.5) is 0 Å². The number of benzene rings is 1. The van der Waals surface area contributed by atoms with Crippen molar-refractivity contribution in [1.29, 1.82) is 0 Å². The fourth-order valence-corrected chi connectivity index (χ4v) is 4.18. The first kappa shape index (κ1) is 18.1. The van der Waals surface area contributed by atoms with Gasteiger partial charge in [0, 0.05) is 12.6 Å². The Kier molecular flexibility index (Phi) is 6.80. The van der Waals surface area contributed by atoms with E-state index in [9.17, 15) is 18.6 Å². The van der Waals surface area contributed by atoms with Crippen LogP contribution in [0.25, 0.3) is 0 Å². The molecule has 21 heavy (non-hydrogen) atoms. The molecule has 120 valence electrons. The van der Waals surface area contributed by atoms with Crippen LogP contribution in [0.15, 0.2) is 29.2 Å². The summed E-state index contributed by atoms with van der Waals surface area (Å²) in [4.78, 5) is 0.154. The summed E-state index contributed by atoms with van der Waals surface area (Å²) in [6.07, 6.45) is 0.650. The van der Waals surface area contributed by atoms with E-state index < -0.39 is 16.1 Å². The van der Waals surface area contributed by atoms with Gasteiger partial charge in [0.2, 0.25) is 10.0 Å². The highest BCUT2D eigenvalue weighted by Crippen LogP contribution is 2.23. The highest BCUT2D eigenvalue weighted by molar-refractivity contribution is 7.89. The fraction of sp³-hybridized carbons (Fsp3) is 0.600. The summed E-state index contributed by atoms with van der Waals surface area (Å²) < 4.78 is 26.9. The van der Waals surface area contributed by atoms with Gasteiger partial charge in [0.25, 0.3) is 0 Å². The topological polar surface area (TPSA) is 77.8 Å². The van der Waals surface area contributed by atoms with Gasteiger partial charge in [-0.05, 0) is 37.5 Å². The van der Waals surface area contributed by atoms with E-state index in [0.29, 0.717) is 18.4 Å². The third kappa shape index (κ3) is 4.26. The summed E-state index contributed by atoms with van der Waals surface area (Å²) in [6.45, 7) is 5.32. The molecule has 0 aliphatic carbocycles. The Labute approximate surface area is 127 Å². The van der Waals surface area contributed by atoms with Crippen molar-refractivity contribution >= 4 is 10.0 Å². The molecule has 1 rings (SSSR count). The average molecular weight is 315 g/mol. The maximum absolute atomic E-state index is 12.8. The Morgan fingerprint density at radius 3 is 2.33 bits per heavy atom. The zero-order chi connectivity index (χ0) is 16.0. The molecule has 1 aromatic carbocycles. The van der Waals surface area contributed by atoms with E-state index in [2.05, 4.69) is 0 Å². The van der Waals surface area contributed by atoms with Crippen molar-refractivity contribution in [2.75, 3.05) is 13.2 Å². The molecule has 0 amide bonds. The van der Waals surface area contributed by atoms with Crippen molar-refractivity contribution in [1.82, 2.24) is 4.31 Å². The van der Waals surface area contributed by atoms with Crippen molar-refractivity contribution in [2.24, 2.45) is 0 Å². The molecular formula is C15H25NO4S. The quantitative estimate of drug-likeness (QED) is 0.768. The molecule has 0 aliphatic heterocycles. The first-order valence-corrected chi connectivity index (χ1v) is 8.73. The predicted molar refractivity (Wildman–Crippen MR) is 82.4 cm³/mol. The minimum absolute atomic E-state index is 0.0770. The van der Waals surface area contributed by atoms with E-state index in [-0.39, 0.29) is 24.1 Å². The summed E-state index contributed by atoms with van der Waals surface area (Å²) in [5.41, 5.74) is 0.560. The number of rotatable bonds is 8. The molecule has 0 saturated carbocycles. The SMILES string of the molecule is CCC(CC)N(CCO)S(=O)(=O)c1cccc(C(C)O)c1. The van der Waals surface area contributed by atoms with Crippen LogP contribution < -0.4 is 0 Å². The zero-order valence-electron chi connectivity index (χ0n) is 12.9. The monoisotopic (exact) mass is 315 g/mol. The number of sulfonamides is 1. The highest BCUT2D eigenvalue weighted by Gasteiger charge is 2.29. The number of aliphatic hydroxyl groups is 2. The van der Waals surface area contributed by atoms with Gasteiger partial charge >= 0.3 is 0 Å². The fourth-order valence-electron chi connectivity index (χ4n) is 2.36. The first-order chi connectivity index (χ1) is 9.88. The molecule has 0 heterocycles. The molecule has 1 atom stereocenters. The van der Waals surface area contributed by atoms with Crippen LogP contribution in [0.3, 0.4) is 0 Å². The lowest BCUT2D eigenvalue weighted by atomic mass is 10.1. The molecule has 0 aliphatic rings. The Bertz CT molecular complexity index is 538. The molecular weight excluding hydrogens is 290 g/mol. The summed E-state index contributed by atoms with van der Waals surface area (Å²) in [6, 6.07) is 6.19. The lowest BCUT2D eigenvalue weighted by molar-refractivity contribution is 0.199. The summed E-state index contributed by atoms with van der Waals surface area (Å²) in [5, 5.41) is 18.8. The Morgan fingerprint density at radius 2 is 1.86 bits per heavy atom. The van der Waals surface area contributed by atoms with Gasteiger partial charge in [-0.3, -0.25) is 0 Å². The van der Waals surface area contributed by atoms with Crippen LogP contribution in [0, 0.1) is 0 Å². The molecule has 0 radical (unpaired) electrons. The second kappa shape index (κ2) is 7.89. The van der Waals surface area contributed by atoms with Gasteiger partial charge in [0.05, 0.1) is 17.6 Å². The van der Waals surface area contributed by atoms with Gasteiger partial charge in [-0.25, -0.2) is 8.42 Å². The van der Waals surface area contributed by atoms with E-state index in [1.165, 1.54) is 16.4 Å². The highest BCUT2D eigenvalue weighted by atomic mass is 32.2. The van der Waals surface area contributed by atoms with Gasteiger partial charge in [-0.2, -0.15) is 4.31 Å². The van der Waals surface area contributed by atoms with Crippen LogP contribution in [0.5, 0.6) is 0 Å². The Morgan fingerprint density at radius 1 is 1.24 bits per heavy atom. The summed E-state index contributed by atoms with van der Waals surface area (Å²) in [5.74, 6) is 0. The van der Waals surface area contributed by atoms with Crippen LogP contribution in [0.1, 0.15) is 45.3 Å². The number of nitrogens with zero attached hydrogens (tertiary/aromatic N) is 1. The van der Waals surface area contributed by atoms with Gasteiger partial charge in [-0.15, -0.1) is 0 Å². The molecule has 1 unspecified atom stereocenters.